The lowest BCUT2D eigenvalue weighted by molar-refractivity contribution is 0.654. The van der Waals surface area contributed by atoms with Gasteiger partial charge < -0.3 is 4.57 Å². The zero-order valence-electron chi connectivity index (χ0n) is 8.96. The number of rotatable bonds is 2. The van der Waals surface area contributed by atoms with E-state index in [9.17, 15) is 0 Å². The molecular formula is C10H12N4S2. The van der Waals surface area contributed by atoms with Crippen LogP contribution in [0.2, 0.25) is 0 Å². The predicted octanol–water partition coefficient (Wildman–Crippen LogP) is 2.57. The molecule has 1 aliphatic rings. The standard InChI is InChI=1S/C10H12N4S2/c1-15-10-8-9(11-5-12-10)14(6-13-8)7-3-2-4-16-7/h5-7H,2-4H2,1H3/t7-/m0/s1. The second kappa shape index (κ2) is 4.25. The first kappa shape index (κ1) is 10.4. The Labute approximate surface area is 102 Å². The highest BCUT2D eigenvalue weighted by atomic mass is 32.2. The molecule has 2 aromatic rings. The lowest BCUT2D eigenvalue weighted by Gasteiger charge is -2.10. The molecule has 1 atom stereocenters. The van der Waals surface area contributed by atoms with E-state index in [0.29, 0.717) is 5.37 Å². The second-order valence-corrected chi connectivity index (χ2v) is 5.76. The van der Waals surface area contributed by atoms with Gasteiger partial charge in [0.15, 0.2) is 5.65 Å². The van der Waals surface area contributed by atoms with Crippen LogP contribution in [0.25, 0.3) is 11.2 Å². The van der Waals surface area contributed by atoms with Gasteiger partial charge in [0, 0.05) is 0 Å². The van der Waals surface area contributed by atoms with Crippen molar-refractivity contribution < 1.29 is 0 Å². The van der Waals surface area contributed by atoms with Crippen molar-refractivity contribution in [3.63, 3.8) is 0 Å². The number of aromatic nitrogens is 4. The Bertz CT molecular complexity index is 504. The molecule has 16 heavy (non-hydrogen) atoms. The van der Waals surface area contributed by atoms with Crippen LogP contribution in [-0.4, -0.2) is 31.5 Å². The average Bonchev–Trinajstić information content (AvgIpc) is 2.96. The van der Waals surface area contributed by atoms with Crippen LogP contribution >= 0.6 is 23.5 Å². The first-order valence-electron chi connectivity index (χ1n) is 5.23. The Kier molecular flexibility index (Phi) is 2.77. The Balaban J connectivity index is 2.12. The first-order chi connectivity index (χ1) is 7.90. The summed E-state index contributed by atoms with van der Waals surface area (Å²) in [7, 11) is 0. The molecule has 1 fully saturated rings. The van der Waals surface area contributed by atoms with Gasteiger partial charge in [0.2, 0.25) is 0 Å². The Hall–Kier alpha value is -0.750. The van der Waals surface area contributed by atoms with Crippen LogP contribution in [0.5, 0.6) is 0 Å². The normalized spacial score (nSPS) is 20.7. The summed E-state index contributed by atoms with van der Waals surface area (Å²) in [5.41, 5.74) is 1.90. The number of hydrogen-bond donors (Lipinski definition) is 0. The van der Waals surface area contributed by atoms with E-state index < -0.39 is 0 Å². The molecule has 0 bridgehead atoms. The van der Waals surface area contributed by atoms with Crippen LogP contribution in [0, 0.1) is 0 Å². The molecule has 0 aromatic carbocycles. The summed E-state index contributed by atoms with van der Waals surface area (Å²) in [6.07, 6.45) is 8.06. The van der Waals surface area contributed by atoms with Crippen molar-refractivity contribution >= 4 is 34.7 Å². The van der Waals surface area contributed by atoms with Crippen molar-refractivity contribution in [2.45, 2.75) is 23.2 Å². The molecule has 0 radical (unpaired) electrons. The molecule has 4 nitrogen and oxygen atoms in total. The zero-order chi connectivity index (χ0) is 11.0. The molecule has 0 aliphatic carbocycles. The maximum Gasteiger partial charge on any atom is 0.165 e. The number of fused-ring (bicyclic) bond motifs is 1. The maximum atomic E-state index is 4.44. The van der Waals surface area contributed by atoms with Crippen LogP contribution in [0.1, 0.15) is 18.2 Å². The van der Waals surface area contributed by atoms with E-state index in [4.69, 9.17) is 0 Å². The predicted molar refractivity (Wildman–Crippen MR) is 67.8 cm³/mol. The van der Waals surface area contributed by atoms with Gasteiger partial charge in [-0.1, -0.05) is 0 Å². The van der Waals surface area contributed by atoms with Crippen molar-refractivity contribution in [3.8, 4) is 0 Å². The molecular weight excluding hydrogens is 240 g/mol. The molecule has 1 saturated heterocycles. The zero-order valence-corrected chi connectivity index (χ0v) is 10.6. The topological polar surface area (TPSA) is 43.6 Å². The molecule has 84 valence electrons. The highest BCUT2D eigenvalue weighted by molar-refractivity contribution is 7.99. The van der Waals surface area contributed by atoms with Gasteiger partial charge in [-0.3, -0.25) is 0 Å². The minimum Gasteiger partial charge on any atom is -0.302 e. The van der Waals surface area contributed by atoms with E-state index in [-0.39, 0.29) is 0 Å². The van der Waals surface area contributed by atoms with E-state index in [1.165, 1.54) is 18.6 Å². The van der Waals surface area contributed by atoms with Crippen molar-refractivity contribution in [2.24, 2.45) is 0 Å². The van der Waals surface area contributed by atoms with Gasteiger partial charge in [0.25, 0.3) is 0 Å². The second-order valence-electron chi connectivity index (χ2n) is 3.67. The minimum absolute atomic E-state index is 0.509. The van der Waals surface area contributed by atoms with Crippen LogP contribution < -0.4 is 0 Å². The van der Waals surface area contributed by atoms with Crippen LogP contribution in [-0.2, 0) is 0 Å². The number of imidazole rings is 1. The molecule has 2 aromatic heterocycles. The van der Waals surface area contributed by atoms with Gasteiger partial charge >= 0.3 is 0 Å². The van der Waals surface area contributed by atoms with Crippen molar-refractivity contribution in [3.05, 3.63) is 12.7 Å². The van der Waals surface area contributed by atoms with E-state index in [1.54, 1.807) is 18.1 Å². The fraction of sp³-hybridized carbons (Fsp3) is 0.500. The van der Waals surface area contributed by atoms with Crippen molar-refractivity contribution in [1.29, 1.82) is 0 Å². The lowest BCUT2D eigenvalue weighted by atomic mass is 10.3. The van der Waals surface area contributed by atoms with Gasteiger partial charge in [-0.15, -0.1) is 23.5 Å². The summed E-state index contributed by atoms with van der Waals surface area (Å²) in [6, 6.07) is 0. The third-order valence-corrected chi connectivity index (χ3v) is 4.79. The fourth-order valence-electron chi connectivity index (χ4n) is 1.97. The summed E-state index contributed by atoms with van der Waals surface area (Å²) in [5, 5.41) is 1.47. The van der Waals surface area contributed by atoms with Gasteiger partial charge in [-0.05, 0) is 24.9 Å². The quantitative estimate of drug-likeness (QED) is 0.607. The maximum absolute atomic E-state index is 4.44. The smallest absolute Gasteiger partial charge is 0.165 e. The molecule has 0 N–H and O–H groups in total. The van der Waals surface area contributed by atoms with E-state index >= 15 is 0 Å². The summed E-state index contributed by atoms with van der Waals surface area (Å²) >= 11 is 3.60. The van der Waals surface area contributed by atoms with E-state index in [2.05, 4.69) is 19.5 Å². The largest absolute Gasteiger partial charge is 0.302 e. The van der Waals surface area contributed by atoms with Gasteiger partial charge in [0.1, 0.15) is 16.9 Å². The van der Waals surface area contributed by atoms with Crippen LogP contribution in [0.4, 0.5) is 0 Å². The highest BCUT2D eigenvalue weighted by Gasteiger charge is 2.20. The molecule has 0 spiro atoms. The van der Waals surface area contributed by atoms with Gasteiger partial charge in [-0.2, -0.15) is 0 Å². The summed E-state index contributed by atoms with van der Waals surface area (Å²) in [4.78, 5) is 13.0. The third-order valence-electron chi connectivity index (χ3n) is 2.73. The van der Waals surface area contributed by atoms with E-state index in [0.717, 1.165) is 16.2 Å². The minimum atomic E-state index is 0.509. The number of nitrogens with zero attached hydrogens (tertiary/aromatic N) is 4. The Morgan fingerprint density at radius 2 is 2.38 bits per heavy atom. The molecule has 0 unspecified atom stereocenters. The van der Waals surface area contributed by atoms with Crippen molar-refractivity contribution in [2.75, 3.05) is 12.0 Å². The molecule has 3 rings (SSSR count). The SMILES string of the molecule is CSc1ncnc2c1ncn2[C@@H]1CCCS1. The average molecular weight is 252 g/mol. The molecule has 6 heteroatoms. The van der Waals surface area contributed by atoms with Gasteiger partial charge in [-0.25, -0.2) is 15.0 Å². The number of thioether (sulfide) groups is 2. The first-order valence-corrected chi connectivity index (χ1v) is 7.50. The van der Waals surface area contributed by atoms with Crippen LogP contribution in [0.3, 0.4) is 0 Å². The van der Waals surface area contributed by atoms with Gasteiger partial charge in [0.05, 0.1) is 11.7 Å². The third kappa shape index (κ3) is 1.60. The Morgan fingerprint density at radius 3 is 3.12 bits per heavy atom. The van der Waals surface area contributed by atoms with Crippen LogP contribution in [0.15, 0.2) is 17.7 Å². The molecule has 0 amide bonds. The summed E-state index contributed by atoms with van der Waals surface area (Å²) in [5.74, 6) is 1.24. The monoisotopic (exact) mass is 252 g/mol. The fourth-order valence-corrected chi connectivity index (χ4v) is 3.71. The van der Waals surface area contributed by atoms with E-state index in [1.807, 2.05) is 24.3 Å². The lowest BCUT2D eigenvalue weighted by Crippen LogP contribution is -2.01. The highest BCUT2D eigenvalue weighted by Crippen LogP contribution is 2.37. The summed E-state index contributed by atoms with van der Waals surface area (Å²) in [6.45, 7) is 0. The molecule has 1 aliphatic heterocycles. The number of hydrogen-bond acceptors (Lipinski definition) is 5. The molecule has 3 heterocycles. The summed E-state index contributed by atoms with van der Waals surface area (Å²) < 4.78 is 2.19. The molecule has 0 saturated carbocycles. The van der Waals surface area contributed by atoms with Crippen molar-refractivity contribution in [1.82, 2.24) is 19.5 Å². The Morgan fingerprint density at radius 1 is 1.44 bits per heavy atom.